The van der Waals surface area contributed by atoms with Crippen LogP contribution in [0.25, 0.3) is 0 Å². The van der Waals surface area contributed by atoms with Gasteiger partial charge < -0.3 is 10.5 Å². The summed E-state index contributed by atoms with van der Waals surface area (Å²) in [5.41, 5.74) is 3.74. The van der Waals surface area contributed by atoms with Crippen LogP contribution in [-0.4, -0.2) is 22.8 Å². The third-order valence-corrected chi connectivity index (χ3v) is 2.80. The fraction of sp³-hybridized carbons (Fsp3) is 0.231. The van der Waals surface area contributed by atoms with E-state index in [1.807, 2.05) is 0 Å². The molecule has 0 saturated heterocycles. The molecule has 0 unspecified atom stereocenters. The Hall–Kier alpha value is -2.51. The van der Waals surface area contributed by atoms with Gasteiger partial charge in [-0.15, -0.1) is 0 Å². The Morgan fingerprint density at radius 2 is 1.95 bits per heavy atom. The summed E-state index contributed by atoms with van der Waals surface area (Å²) in [4.78, 5) is 11.1. The Balaban J connectivity index is 2.30. The summed E-state index contributed by atoms with van der Waals surface area (Å²) in [5.74, 6) is -0.531. The molecule has 1 aromatic carbocycles. The third kappa shape index (κ3) is 3.33. The lowest BCUT2D eigenvalue weighted by atomic mass is 10.2. The maximum atomic E-state index is 12.8. The predicted octanol–water partition coefficient (Wildman–Crippen LogP) is 2.06. The molecule has 21 heavy (non-hydrogen) atoms. The van der Waals surface area contributed by atoms with Gasteiger partial charge in [-0.1, -0.05) is 12.1 Å². The van der Waals surface area contributed by atoms with Crippen LogP contribution in [-0.2, 0) is 12.7 Å². The fourth-order valence-corrected chi connectivity index (χ4v) is 1.81. The quantitative estimate of drug-likeness (QED) is 0.939. The molecule has 0 radical (unpaired) electrons. The smallest absolute Gasteiger partial charge is 0.435 e. The van der Waals surface area contributed by atoms with Crippen molar-refractivity contribution in [3.05, 3.63) is 47.3 Å². The van der Waals surface area contributed by atoms with E-state index in [0.29, 0.717) is 11.3 Å². The second kappa shape index (κ2) is 5.47. The van der Waals surface area contributed by atoms with E-state index in [1.165, 1.54) is 7.11 Å². The number of amides is 1. The number of rotatable bonds is 4. The number of carbonyl (C=O) groups excluding carboxylic acids is 1. The van der Waals surface area contributed by atoms with Gasteiger partial charge in [-0.2, -0.15) is 18.3 Å². The number of methoxy groups -OCH3 is 1. The highest BCUT2D eigenvalue weighted by Gasteiger charge is 2.38. The van der Waals surface area contributed by atoms with E-state index in [-0.39, 0.29) is 6.54 Å². The van der Waals surface area contributed by atoms with Crippen molar-refractivity contribution in [2.75, 3.05) is 7.11 Å². The predicted molar refractivity (Wildman–Crippen MR) is 67.8 cm³/mol. The Bertz CT molecular complexity index is 648. The molecule has 8 heteroatoms. The van der Waals surface area contributed by atoms with Crippen molar-refractivity contribution in [2.24, 2.45) is 5.73 Å². The van der Waals surface area contributed by atoms with Gasteiger partial charge in [0, 0.05) is 6.20 Å². The normalized spacial score (nSPS) is 11.4. The standard InChI is InChI=1S/C13H12F3N3O2/c1-21-9-4-2-8(3-5-9)6-19-7-10(12(17)20)11(18-19)13(14,15)16/h2-5,7H,6H2,1H3,(H2,17,20). The van der Waals surface area contributed by atoms with E-state index in [1.54, 1.807) is 24.3 Å². The molecule has 2 N–H and O–H groups in total. The van der Waals surface area contributed by atoms with Crippen LogP contribution in [0.15, 0.2) is 30.5 Å². The summed E-state index contributed by atoms with van der Waals surface area (Å²) in [6, 6.07) is 6.74. The van der Waals surface area contributed by atoms with Gasteiger partial charge in [-0.3, -0.25) is 9.48 Å². The van der Waals surface area contributed by atoms with Crippen molar-refractivity contribution in [3.8, 4) is 5.75 Å². The highest BCUT2D eigenvalue weighted by atomic mass is 19.4. The molecule has 2 rings (SSSR count). The van der Waals surface area contributed by atoms with Crippen LogP contribution in [0.1, 0.15) is 21.6 Å². The zero-order valence-electron chi connectivity index (χ0n) is 11.0. The fourth-order valence-electron chi connectivity index (χ4n) is 1.81. The van der Waals surface area contributed by atoms with Crippen molar-refractivity contribution in [2.45, 2.75) is 12.7 Å². The van der Waals surface area contributed by atoms with Crippen molar-refractivity contribution in [3.63, 3.8) is 0 Å². The van der Waals surface area contributed by atoms with Gasteiger partial charge >= 0.3 is 6.18 Å². The molecular formula is C13H12F3N3O2. The average molecular weight is 299 g/mol. The summed E-state index contributed by atoms with van der Waals surface area (Å²) in [6.45, 7) is 0.0837. The Kier molecular flexibility index (Phi) is 3.88. The van der Waals surface area contributed by atoms with Crippen LogP contribution in [0.5, 0.6) is 5.75 Å². The Labute approximate surface area is 118 Å². The minimum Gasteiger partial charge on any atom is -0.497 e. The zero-order chi connectivity index (χ0) is 15.6. The molecule has 0 atom stereocenters. The first kappa shape index (κ1) is 14.9. The number of primary amides is 1. The number of aromatic nitrogens is 2. The van der Waals surface area contributed by atoms with Gasteiger partial charge in [0.15, 0.2) is 5.69 Å². The monoisotopic (exact) mass is 299 g/mol. The summed E-state index contributed by atoms with van der Waals surface area (Å²) in [5, 5.41) is 3.40. The number of hydrogen-bond donors (Lipinski definition) is 1. The summed E-state index contributed by atoms with van der Waals surface area (Å²) >= 11 is 0. The first-order chi connectivity index (χ1) is 9.81. The SMILES string of the molecule is COc1ccc(Cn2cc(C(N)=O)c(C(F)(F)F)n2)cc1. The van der Waals surface area contributed by atoms with Gasteiger partial charge in [0.05, 0.1) is 19.2 Å². The first-order valence-corrected chi connectivity index (χ1v) is 5.88. The van der Waals surface area contributed by atoms with Crippen molar-refractivity contribution >= 4 is 5.91 Å². The van der Waals surface area contributed by atoms with E-state index in [9.17, 15) is 18.0 Å². The van der Waals surface area contributed by atoms with Crippen LogP contribution < -0.4 is 10.5 Å². The maximum Gasteiger partial charge on any atom is 0.435 e. The van der Waals surface area contributed by atoms with E-state index in [2.05, 4.69) is 5.10 Å². The van der Waals surface area contributed by atoms with Gasteiger partial charge in [0.25, 0.3) is 5.91 Å². The molecule has 0 aliphatic carbocycles. The molecular weight excluding hydrogens is 287 g/mol. The first-order valence-electron chi connectivity index (χ1n) is 5.88. The summed E-state index contributed by atoms with van der Waals surface area (Å²) < 4.78 is 44.3. The average Bonchev–Trinajstić information content (AvgIpc) is 2.84. The lowest BCUT2D eigenvalue weighted by Crippen LogP contribution is -2.17. The molecule has 0 bridgehead atoms. The topological polar surface area (TPSA) is 70.1 Å². The second-order valence-electron chi connectivity index (χ2n) is 4.30. The van der Waals surface area contributed by atoms with Crippen LogP contribution >= 0.6 is 0 Å². The van der Waals surface area contributed by atoms with Crippen LogP contribution in [0.4, 0.5) is 13.2 Å². The highest BCUT2D eigenvalue weighted by molar-refractivity contribution is 5.93. The maximum absolute atomic E-state index is 12.8. The third-order valence-electron chi connectivity index (χ3n) is 2.80. The van der Waals surface area contributed by atoms with Crippen molar-refractivity contribution < 1.29 is 22.7 Å². The molecule has 5 nitrogen and oxygen atoms in total. The van der Waals surface area contributed by atoms with Gasteiger partial charge in [-0.25, -0.2) is 0 Å². The highest BCUT2D eigenvalue weighted by Crippen LogP contribution is 2.30. The molecule has 1 aromatic heterocycles. The Morgan fingerprint density at radius 1 is 1.33 bits per heavy atom. The summed E-state index contributed by atoms with van der Waals surface area (Å²) in [7, 11) is 1.51. The molecule has 112 valence electrons. The van der Waals surface area contributed by atoms with Gasteiger partial charge in [0.2, 0.25) is 0 Å². The van der Waals surface area contributed by atoms with Gasteiger partial charge in [0.1, 0.15) is 5.75 Å². The molecule has 0 fully saturated rings. The number of alkyl halides is 3. The second-order valence-corrected chi connectivity index (χ2v) is 4.30. The molecule has 2 aromatic rings. The molecule has 0 spiro atoms. The van der Waals surface area contributed by atoms with Crippen molar-refractivity contribution in [1.29, 1.82) is 0 Å². The molecule has 0 aliphatic heterocycles. The van der Waals surface area contributed by atoms with Crippen LogP contribution in [0, 0.1) is 0 Å². The van der Waals surface area contributed by atoms with E-state index >= 15 is 0 Å². The Morgan fingerprint density at radius 3 is 2.38 bits per heavy atom. The largest absolute Gasteiger partial charge is 0.497 e. The van der Waals surface area contributed by atoms with E-state index < -0.39 is 23.3 Å². The van der Waals surface area contributed by atoms with Crippen LogP contribution in [0.3, 0.4) is 0 Å². The lowest BCUT2D eigenvalue weighted by molar-refractivity contribution is -0.141. The number of nitrogens with two attached hydrogens (primary N) is 1. The summed E-state index contributed by atoms with van der Waals surface area (Å²) in [6.07, 6.45) is -3.73. The molecule has 1 heterocycles. The number of ether oxygens (including phenoxy) is 1. The lowest BCUT2D eigenvalue weighted by Gasteiger charge is -2.04. The minimum absolute atomic E-state index is 0.0837. The number of nitrogens with zero attached hydrogens (tertiary/aromatic N) is 2. The van der Waals surface area contributed by atoms with E-state index in [0.717, 1.165) is 10.9 Å². The molecule has 0 aliphatic rings. The zero-order valence-corrected chi connectivity index (χ0v) is 11.0. The number of hydrogen-bond acceptors (Lipinski definition) is 3. The van der Waals surface area contributed by atoms with Crippen molar-refractivity contribution in [1.82, 2.24) is 9.78 Å². The van der Waals surface area contributed by atoms with Gasteiger partial charge in [-0.05, 0) is 17.7 Å². The van der Waals surface area contributed by atoms with Crippen LogP contribution in [0.2, 0.25) is 0 Å². The molecule has 0 saturated carbocycles. The van der Waals surface area contributed by atoms with E-state index in [4.69, 9.17) is 10.5 Å². The number of benzene rings is 1. The minimum atomic E-state index is -4.73. The number of carbonyl (C=O) groups is 1. The molecule has 1 amide bonds. The number of halogens is 3.